The number of hydrogen-bond donors (Lipinski definition) is 1. The third kappa shape index (κ3) is 3.04. The fourth-order valence-corrected chi connectivity index (χ4v) is 3.37. The van der Waals surface area contributed by atoms with Crippen LogP contribution in [0.1, 0.15) is 31.7 Å². The molecule has 1 aliphatic rings. The lowest BCUT2D eigenvalue weighted by molar-refractivity contribution is 0.530. The molecule has 4 heteroatoms. The summed E-state index contributed by atoms with van der Waals surface area (Å²) >= 11 is 8.62. The number of hydrogen-bond acceptors (Lipinski definition) is 2. The first-order valence-electron chi connectivity index (χ1n) is 6.46. The van der Waals surface area contributed by atoms with Gasteiger partial charge in [0.2, 0.25) is 0 Å². The molecule has 0 amide bonds. The number of benzene rings is 1. The van der Waals surface area contributed by atoms with Crippen LogP contribution in [-0.2, 0) is 0 Å². The maximum atomic E-state index is 5.64. The SMILES string of the molecule is CCCC1CCN(c2ccc(C(N)=S)cc2Br)C1. The maximum absolute atomic E-state index is 5.64. The van der Waals surface area contributed by atoms with E-state index in [1.54, 1.807) is 0 Å². The molecule has 0 radical (unpaired) electrons. The van der Waals surface area contributed by atoms with Gasteiger partial charge in [-0.05, 0) is 52.9 Å². The highest BCUT2D eigenvalue weighted by Crippen LogP contribution is 2.32. The Kier molecular flexibility index (Phi) is 4.62. The standard InChI is InChI=1S/C14H19BrN2S/c1-2-3-10-6-7-17(9-10)13-5-4-11(14(16)18)8-12(13)15/h4-5,8,10H,2-3,6-7,9H2,1H3,(H2,16,18). The highest BCUT2D eigenvalue weighted by molar-refractivity contribution is 9.10. The average molecular weight is 327 g/mol. The third-order valence-electron chi connectivity index (χ3n) is 3.56. The van der Waals surface area contributed by atoms with E-state index < -0.39 is 0 Å². The molecule has 1 fully saturated rings. The molecule has 1 aliphatic heterocycles. The van der Waals surface area contributed by atoms with E-state index >= 15 is 0 Å². The first-order valence-corrected chi connectivity index (χ1v) is 7.66. The Hall–Kier alpha value is -0.610. The number of anilines is 1. The van der Waals surface area contributed by atoms with Gasteiger partial charge in [-0.3, -0.25) is 0 Å². The summed E-state index contributed by atoms with van der Waals surface area (Å²) in [7, 11) is 0. The van der Waals surface area contributed by atoms with Crippen molar-refractivity contribution in [3.8, 4) is 0 Å². The smallest absolute Gasteiger partial charge is 0.104 e. The number of nitrogens with two attached hydrogens (primary N) is 1. The van der Waals surface area contributed by atoms with E-state index in [-0.39, 0.29) is 0 Å². The molecule has 1 aromatic carbocycles. The highest BCUT2D eigenvalue weighted by atomic mass is 79.9. The molecule has 1 atom stereocenters. The molecule has 0 saturated carbocycles. The molecule has 98 valence electrons. The molecule has 1 aromatic rings. The number of thiocarbonyl (C=S) groups is 1. The zero-order valence-corrected chi connectivity index (χ0v) is 13.1. The minimum atomic E-state index is 0.451. The van der Waals surface area contributed by atoms with Crippen molar-refractivity contribution in [1.82, 2.24) is 0 Å². The molecule has 2 nitrogen and oxygen atoms in total. The second-order valence-corrected chi connectivity index (χ2v) is 6.21. The van der Waals surface area contributed by atoms with E-state index in [9.17, 15) is 0 Å². The van der Waals surface area contributed by atoms with Crippen LogP contribution in [0, 0.1) is 5.92 Å². The van der Waals surface area contributed by atoms with Gasteiger partial charge < -0.3 is 10.6 Å². The van der Waals surface area contributed by atoms with Gasteiger partial charge in [0.15, 0.2) is 0 Å². The third-order valence-corrected chi connectivity index (χ3v) is 4.43. The summed E-state index contributed by atoms with van der Waals surface area (Å²) in [6.45, 7) is 4.57. The second kappa shape index (κ2) is 6.02. The number of halogens is 1. The monoisotopic (exact) mass is 326 g/mol. The Morgan fingerprint density at radius 2 is 2.33 bits per heavy atom. The summed E-state index contributed by atoms with van der Waals surface area (Å²) in [6.07, 6.45) is 3.91. The number of rotatable bonds is 4. The van der Waals surface area contributed by atoms with Crippen molar-refractivity contribution in [1.29, 1.82) is 0 Å². The van der Waals surface area contributed by atoms with Gasteiger partial charge in [-0.15, -0.1) is 0 Å². The van der Waals surface area contributed by atoms with Crippen molar-refractivity contribution in [3.63, 3.8) is 0 Å². The van der Waals surface area contributed by atoms with Gasteiger partial charge in [-0.2, -0.15) is 0 Å². The van der Waals surface area contributed by atoms with E-state index in [2.05, 4.69) is 33.8 Å². The van der Waals surface area contributed by atoms with Gasteiger partial charge in [0.1, 0.15) is 4.99 Å². The van der Waals surface area contributed by atoms with Gasteiger partial charge in [-0.1, -0.05) is 25.6 Å². The molecule has 0 aliphatic carbocycles. The fraction of sp³-hybridized carbons (Fsp3) is 0.500. The van der Waals surface area contributed by atoms with E-state index in [0.717, 1.165) is 22.5 Å². The van der Waals surface area contributed by atoms with Crippen LogP contribution in [0.5, 0.6) is 0 Å². The number of nitrogens with zero attached hydrogens (tertiary/aromatic N) is 1. The van der Waals surface area contributed by atoms with E-state index in [1.165, 1.54) is 31.5 Å². The minimum absolute atomic E-state index is 0.451. The van der Waals surface area contributed by atoms with Crippen molar-refractivity contribution >= 4 is 38.8 Å². The van der Waals surface area contributed by atoms with Crippen LogP contribution >= 0.6 is 28.1 Å². The molecule has 18 heavy (non-hydrogen) atoms. The summed E-state index contributed by atoms with van der Waals surface area (Å²) in [5.41, 5.74) is 7.82. The Balaban J connectivity index is 2.12. The Morgan fingerprint density at radius 1 is 1.56 bits per heavy atom. The Bertz CT molecular complexity index is 447. The van der Waals surface area contributed by atoms with E-state index in [4.69, 9.17) is 18.0 Å². The summed E-state index contributed by atoms with van der Waals surface area (Å²) in [4.78, 5) is 2.90. The normalized spacial score (nSPS) is 19.2. The topological polar surface area (TPSA) is 29.3 Å². The van der Waals surface area contributed by atoms with Crippen LogP contribution in [0.4, 0.5) is 5.69 Å². The van der Waals surface area contributed by atoms with Gasteiger partial charge in [0.05, 0.1) is 5.69 Å². The molecule has 0 bridgehead atoms. The average Bonchev–Trinajstić information content (AvgIpc) is 2.77. The van der Waals surface area contributed by atoms with Crippen LogP contribution in [0.15, 0.2) is 22.7 Å². The fourth-order valence-electron chi connectivity index (χ4n) is 2.61. The molecular formula is C14H19BrN2S. The van der Waals surface area contributed by atoms with Crippen molar-refractivity contribution in [3.05, 3.63) is 28.2 Å². The van der Waals surface area contributed by atoms with Gasteiger partial charge in [0.25, 0.3) is 0 Å². The van der Waals surface area contributed by atoms with E-state index in [0.29, 0.717) is 4.99 Å². The molecule has 0 spiro atoms. The van der Waals surface area contributed by atoms with Crippen LogP contribution in [0.2, 0.25) is 0 Å². The summed E-state index contributed by atoms with van der Waals surface area (Å²) < 4.78 is 1.09. The van der Waals surface area contributed by atoms with Crippen LogP contribution < -0.4 is 10.6 Å². The Morgan fingerprint density at radius 3 is 2.94 bits per heavy atom. The predicted molar refractivity (Wildman–Crippen MR) is 85.3 cm³/mol. The van der Waals surface area contributed by atoms with Crippen LogP contribution in [0.3, 0.4) is 0 Å². The molecule has 1 unspecified atom stereocenters. The lowest BCUT2D eigenvalue weighted by Gasteiger charge is -2.20. The quantitative estimate of drug-likeness (QED) is 0.855. The first-order chi connectivity index (χ1) is 8.61. The van der Waals surface area contributed by atoms with Crippen molar-refractivity contribution in [2.45, 2.75) is 26.2 Å². The first kappa shape index (κ1) is 13.8. The molecule has 0 aromatic heterocycles. The molecule has 1 saturated heterocycles. The predicted octanol–water partition coefficient (Wildman–Crippen LogP) is 3.71. The van der Waals surface area contributed by atoms with Gasteiger partial charge in [-0.25, -0.2) is 0 Å². The highest BCUT2D eigenvalue weighted by Gasteiger charge is 2.23. The van der Waals surface area contributed by atoms with Crippen molar-refractivity contribution in [2.24, 2.45) is 11.7 Å². The lowest BCUT2D eigenvalue weighted by atomic mass is 10.0. The summed E-state index contributed by atoms with van der Waals surface area (Å²) in [5, 5.41) is 0. The van der Waals surface area contributed by atoms with Gasteiger partial charge in [0, 0.05) is 23.1 Å². The maximum Gasteiger partial charge on any atom is 0.104 e. The van der Waals surface area contributed by atoms with E-state index in [1.807, 2.05) is 12.1 Å². The Labute approximate surface area is 123 Å². The zero-order valence-electron chi connectivity index (χ0n) is 10.7. The summed E-state index contributed by atoms with van der Waals surface area (Å²) in [5.74, 6) is 0.845. The van der Waals surface area contributed by atoms with Crippen molar-refractivity contribution in [2.75, 3.05) is 18.0 Å². The zero-order chi connectivity index (χ0) is 13.1. The van der Waals surface area contributed by atoms with Crippen molar-refractivity contribution < 1.29 is 0 Å². The minimum Gasteiger partial charge on any atom is -0.389 e. The lowest BCUT2D eigenvalue weighted by Crippen LogP contribution is -2.20. The molecule has 1 heterocycles. The van der Waals surface area contributed by atoms with Gasteiger partial charge >= 0.3 is 0 Å². The second-order valence-electron chi connectivity index (χ2n) is 4.92. The molecule has 2 rings (SSSR count). The van der Waals surface area contributed by atoms with Crippen LogP contribution in [0.25, 0.3) is 0 Å². The molecular weight excluding hydrogens is 308 g/mol. The summed E-state index contributed by atoms with van der Waals surface area (Å²) in [6, 6.07) is 6.15. The largest absolute Gasteiger partial charge is 0.389 e. The molecule has 2 N–H and O–H groups in total. The van der Waals surface area contributed by atoms with Crippen LogP contribution in [-0.4, -0.2) is 18.1 Å².